The summed E-state index contributed by atoms with van der Waals surface area (Å²) in [6, 6.07) is 7.94. The fourth-order valence-electron chi connectivity index (χ4n) is 2.01. The fourth-order valence-corrected chi connectivity index (χ4v) is 2.82. The number of rotatable bonds is 1. The van der Waals surface area contributed by atoms with Crippen LogP contribution in [0.2, 0.25) is 5.02 Å². The Bertz CT molecular complexity index is 360. The smallest absolute Gasteiger partial charge is 0.146 e. The first-order valence-electron chi connectivity index (χ1n) is 5.09. The van der Waals surface area contributed by atoms with Gasteiger partial charge in [-0.25, -0.2) is 0 Å². The van der Waals surface area contributed by atoms with Gasteiger partial charge in [-0.1, -0.05) is 39.7 Å². The van der Waals surface area contributed by atoms with Crippen molar-refractivity contribution >= 4 is 33.3 Å². The molecular weight excluding hydrogens is 275 g/mol. The number of benzene rings is 1. The normalized spacial score (nSPS) is 26.7. The van der Waals surface area contributed by atoms with Crippen LogP contribution >= 0.6 is 27.5 Å². The van der Waals surface area contributed by atoms with Gasteiger partial charge in [0.05, 0.1) is 4.83 Å². The van der Waals surface area contributed by atoms with Crippen molar-refractivity contribution in [1.29, 1.82) is 0 Å². The van der Waals surface area contributed by atoms with Crippen molar-refractivity contribution in [2.45, 2.75) is 30.0 Å². The number of alkyl halides is 1. The first-order valence-corrected chi connectivity index (χ1v) is 6.38. The van der Waals surface area contributed by atoms with Gasteiger partial charge in [-0.3, -0.25) is 4.79 Å². The molecule has 0 saturated heterocycles. The van der Waals surface area contributed by atoms with Crippen molar-refractivity contribution in [2.24, 2.45) is 0 Å². The molecule has 1 nitrogen and oxygen atoms in total. The zero-order valence-corrected chi connectivity index (χ0v) is 10.6. The molecule has 0 aliphatic heterocycles. The van der Waals surface area contributed by atoms with E-state index in [0.717, 1.165) is 17.9 Å². The molecule has 0 radical (unpaired) electrons. The Hall–Kier alpha value is -0.340. The van der Waals surface area contributed by atoms with Gasteiger partial charge >= 0.3 is 0 Å². The van der Waals surface area contributed by atoms with E-state index in [2.05, 4.69) is 28.1 Å². The van der Waals surface area contributed by atoms with E-state index in [9.17, 15) is 4.79 Å². The quantitative estimate of drug-likeness (QED) is 0.715. The molecule has 0 bridgehead atoms. The molecule has 15 heavy (non-hydrogen) atoms. The van der Waals surface area contributed by atoms with Gasteiger partial charge in [-0.05, 0) is 36.5 Å². The summed E-state index contributed by atoms with van der Waals surface area (Å²) in [6.45, 7) is 0. The summed E-state index contributed by atoms with van der Waals surface area (Å²) in [7, 11) is 0. The lowest BCUT2D eigenvalue weighted by Gasteiger charge is -2.25. The van der Waals surface area contributed by atoms with Gasteiger partial charge in [-0.15, -0.1) is 0 Å². The maximum atomic E-state index is 11.4. The van der Waals surface area contributed by atoms with E-state index in [0.29, 0.717) is 18.1 Å². The Labute approximate surface area is 103 Å². The maximum absolute atomic E-state index is 11.4. The third kappa shape index (κ3) is 2.61. The number of ketones is 1. The Morgan fingerprint density at radius 2 is 1.93 bits per heavy atom. The molecule has 0 N–H and O–H groups in total. The molecule has 0 spiro atoms. The van der Waals surface area contributed by atoms with Gasteiger partial charge in [0.1, 0.15) is 5.78 Å². The predicted molar refractivity (Wildman–Crippen MR) is 65.8 cm³/mol. The predicted octanol–water partition coefficient (Wildman–Crippen LogP) is 3.94. The van der Waals surface area contributed by atoms with Crippen LogP contribution < -0.4 is 0 Å². The summed E-state index contributed by atoms with van der Waals surface area (Å²) < 4.78 is 0. The Balaban J connectivity index is 2.12. The third-order valence-corrected chi connectivity index (χ3v) is 4.06. The van der Waals surface area contributed by atoms with E-state index in [1.807, 2.05) is 12.1 Å². The highest BCUT2D eigenvalue weighted by molar-refractivity contribution is 9.10. The van der Waals surface area contributed by atoms with Crippen LogP contribution in [0.5, 0.6) is 0 Å². The number of carbonyl (C=O) groups excluding carboxylic acids is 1. The molecule has 1 saturated carbocycles. The van der Waals surface area contributed by atoms with E-state index >= 15 is 0 Å². The zero-order chi connectivity index (χ0) is 10.8. The first kappa shape index (κ1) is 11.2. The van der Waals surface area contributed by atoms with Gasteiger partial charge in [-0.2, -0.15) is 0 Å². The maximum Gasteiger partial charge on any atom is 0.146 e. The van der Waals surface area contributed by atoms with Gasteiger partial charge in [0.25, 0.3) is 0 Å². The summed E-state index contributed by atoms with van der Waals surface area (Å²) in [4.78, 5) is 11.4. The van der Waals surface area contributed by atoms with Crippen LogP contribution in [0.1, 0.15) is 30.7 Å². The molecule has 3 heteroatoms. The average Bonchev–Trinajstić information content (AvgIpc) is 2.23. The van der Waals surface area contributed by atoms with Crippen molar-refractivity contribution in [3.05, 3.63) is 34.9 Å². The molecule has 0 aromatic heterocycles. The summed E-state index contributed by atoms with van der Waals surface area (Å²) in [5.41, 5.74) is 1.29. The van der Waals surface area contributed by atoms with Crippen LogP contribution in [-0.2, 0) is 4.79 Å². The zero-order valence-electron chi connectivity index (χ0n) is 8.25. The molecule has 0 heterocycles. The summed E-state index contributed by atoms with van der Waals surface area (Å²) in [5, 5.41) is 0.765. The number of halogens is 2. The van der Waals surface area contributed by atoms with E-state index in [-0.39, 0.29) is 4.83 Å². The molecule has 1 aromatic rings. The molecule has 2 rings (SSSR count). The molecular formula is C12H12BrClO. The summed E-state index contributed by atoms with van der Waals surface area (Å²) in [6.07, 6.45) is 2.55. The first-order chi connectivity index (χ1) is 7.16. The molecule has 2 unspecified atom stereocenters. The standard InChI is InChI=1S/C12H12BrClO/c13-11-7-9(3-6-12(11)15)8-1-4-10(14)5-2-8/h1-2,4-5,9,11H,3,6-7H2. The van der Waals surface area contributed by atoms with Crippen LogP contribution in [-0.4, -0.2) is 10.6 Å². The molecule has 1 aliphatic rings. The minimum Gasteiger partial charge on any atom is -0.298 e. The molecule has 2 atom stereocenters. The lowest BCUT2D eigenvalue weighted by molar-refractivity contribution is -0.119. The van der Waals surface area contributed by atoms with Crippen molar-refractivity contribution in [3.8, 4) is 0 Å². The van der Waals surface area contributed by atoms with E-state index in [4.69, 9.17) is 11.6 Å². The average molecular weight is 288 g/mol. The van der Waals surface area contributed by atoms with Gasteiger partial charge in [0, 0.05) is 11.4 Å². The van der Waals surface area contributed by atoms with Gasteiger partial charge < -0.3 is 0 Å². The van der Waals surface area contributed by atoms with Crippen LogP contribution in [0.25, 0.3) is 0 Å². The van der Waals surface area contributed by atoms with E-state index in [1.165, 1.54) is 5.56 Å². The SMILES string of the molecule is O=C1CCC(c2ccc(Cl)cc2)CC1Br. The highest BCUT2D eigenvalue weighted by Gasteiger charge is 2.27. The second-order valence-electron chi connectivity index (χ2n) is 3.96. The van der Waals surface area contributed by atoms with Crippen molar-refractivity contribution < 1.29 is 4.79 Å². The minimum absolute atomic E-state index is 0.0342. The molecule has 0 amide bonds. The monoisotopic (exact) mass is 286 g/mol. The molecule has 1 aromatic carbocycles. The Morgan fingerprint density at radius 3 is 2.53 bits per heavy atom. The van der Waals surface area contributed by atoms with Crippen LogP contribution in [0.4, 0.5) is 0 Å². The molecule has 1 fully saturated rings. The third-order valence-electron chi connectivity index (χ3n) is 2.92. The summed E-state index contributed by atoms with van der Waals surface area (Å²) >= 11 is 9.27. The molecule has 80 valence electrons. The van der Waals surface area contributed by atoms with Gasteiger partial charge in [0.2, 0.25) is 0 Å². The number of hydrogen-bond donors (Lipinski definition) is 0. The second-order valence-corrected chi connectivity index (χ2v) is 5.50. The van der Waals surface area contributed by atoms with E-state index in [1.54, 1.807) is 0 Å². The fraction of sp³-hybridized carbons (Fsp3) is 0.417. The number of carbonyl (C=O) groups is 1. The van der Waals surface area contributed by atoms with E-state index < -0.39 is 0 Å². The van der Waals surface area contributed by atoms with Crippen LogP contribution in [0.3, 0.4) is 0 Å². The highest BCUT2D eigenvalue weighted by Crippen LogP contribution is 2.34. The summed E-state index contributed by atoms with van der Waals surface area (Å²) in [5.74, 6) is 0.824. The lowest BCUT2D eigenvalue weighted by atomic mass is 9.83. The number of Topliss-reactive ketones (excluding diaryl/α,β-unsaturated/α-hetero) is 1. The van der Waals surface area contributed by atoms with Crippen molar-refractivity contribution in [2.75, 3.05) is 0 Å². The minimum atomic E-state index is 0.0342. The van der Waals surface area contributed by atoms with Crippen LogP contribution in [0, 0.1) is 0 Å². The lowest BCUT2D eigenvalue weighted by Crippen LogP contribution is -2.23. The largest absolute Gasteiger partial charge is 0.298 e. The van der Waals surface area contributed by atoms with Crippen molar-refractivity contribution in [1.82, 2.24) is 0 Å². The van der Waals surface area contributed by atoms with Crippen molar-refractivity contribution in [3.63, 3.8) is 0 Å². The molecule has 1 aliphatic carbocycles. The van der Waals surface area contributed by atoms with Crippen LogP contribution in [0.15, 0.2) is 24.3 Å². The highest BCUT2D eigenvalue weighted by atomic mass is 79.9. The van der Waals surface area contributed by atoms with Gasteiger partial charge in [0.15, 0.2) is 0 Å². The Kier molecular flexibility index (Phi) is 3.47. The Morgan fingerprint density at radius 1 is 1.27 bits per heavy atom. The topological polar surface area (TPSA) is 17.1 Å². The number of hydrogen-bond acceptors (Lipinski definition) is 1. The second kappa shape index (κ2) is 4.67.